The van der Waals surface area contributed by atoms with Crippen molar-refractivity contribution in [3.63, 3.8) is 0 Å². The van der Waals surface area contributed by atoms with Crippen molar-refractivity contribution in [1.82, 2.24) is 4.98 Å². The third-order valence-electron chi connectivity index (χ3n) is 3.08. The van der Waals surface area contributed by atoms with Gasteiger partial charge in [-0.05, 0) is 24.5 Å². The van der Waals surface area contributed by atoms with Gasteiger partial charge in [0.1, 0.15) is 5.75 Å². The van der Waals surface area contributed by atoms with Crippen LogP contribution in [-0.4, -0.2) is 18.0 Å². The van der Waals surface area contributed by atoms with Gasteiger partial charge < -0.3 is 14.5 Å². The largest absolute Gasteiger partial charge is 0.495 e. The summed E-state index contributed by atoms with van der Waals surface area (Å²) in [5.74, 6) is 0.429. The Balaban J connectivity index is 2.31. The van der Waals surface area contributed by atoms with E-state index in [1.165, 1.54) is 13.5 Å². The molecule has 0 fully saturated rings. The Kier molecular flexibility index (Phi) is 4.53. The molecule has 21 heavy (non-hydrogen) atoms. The van der Waals surface area contributed by atoms with E-state index in [2.05, 4.69) is 10.3 Å². The number of hydrogen-bond donors (Lipinski definition) is 1. The molecule has 0 aliphatic heterocycles. The standard InChI is InChI=1S/C15H17ClN2O3/c1-8(2)13-14(21-7-17-13)15(19)18-11-5-9(3)10(16)6-12(11)20-4/h5-8H,1-4H3,(H,18,19). The van der Waals surface area contributed by atoms with Gasteiger partial charge in [-0.3, -0.25) is 4.79 Å². The zero-order valence-corrected chi connectivity index (χ0v) is 13.1. The number of nitrogens with one attached hydrogen (secondary N) is 1. The van der Waals surface area contributed by atoms with Crippen molar-refractivity contribution in [3.05, 3.63) is 40.6 Å². The van der Waals surface area contributed by atoms with Gasteiger partial charge in [0.2, 0.25) is 5.76 Å². The van der Waals surface area contributed by atoms with Gasteiger partial charge in [-0.2, -0.15) is 0 Å². The highest BCUT2D eigenvalue weighted by molar-refractivity contribution is 6.31. The number of aromatic nitrogens is 1. The van der Waals surface area contributed by atoms with Crippen molar-refractivity contribution < 1.29 is 13.9 Å². The molecular weight excluding hydrogens is 292 g/mol. The summed E-state index contributed by atoms with van der Waals surface area (Å²) in [6.07, 6.45) is 1.27. The monoisotopic (exact) mass is 308 g/mol. The molecule has 1 heterocycles. The first-order valence-electron chi connectivity index (χ1n) is 6.53. The van der Waals surface area contributed by atoms with E-state index in [0.717, 1.165) is 5.56 Å². The lowest BCUT2D eigenvalue weighted by Gasteiger charge is -2.12. The maximum Gasteiger partial charge on any atom is 0.293 e. The van der Waals surface area contributed by atoms with Gasteiger partial charge in [-0.1, -0.05) is 25.4 Å². The highest BCUT2D eigenvalue weighted by Crippen LogP contribution is 2.31. The number of carbonyl (C=O) groups excluding carboxylic acids is 1. The smallest absolute Gasteiger partial charge is 0.293 e. The van der Waals surface area contributed by atoms with E-state index >= 15 is 0 Å². The average molecular weight is 309 g/mol. The van der Waals surface area contributed by atoms with E-state index in [0.29, 0.717) is 22.2 Å². The maximum absolute atomic E-state index is 12.3. The lowest BCUT2D eigenvalue weighted by Crippen LogP contribution is -2.14. The number of rotatable bonds is 4. The third kappa shape index (κ3) is 3.19. The highest BCUT2D eigenvalue weighted by atomic mass is 35.5. The molecule has 1 aromatic carbocycles. The van der Waals surface area contributed by atoms with Gasteiger partial charge in [0.25, 0.3) is 5.91 Å². The molecule has 0 atom stereocenters. The maximum atomic E-state index is 12.3. The summed E-state index contributed by atoms with van der Waals surface area (Å²) in [4.78, 5) is 16.4. The Bertz CT molecular complexity index is 665. The molecule has 1 aromatic heterocycles. The summed E-state index contributed by atoms with van der Waals surface area (Å²) in [5, 5.41) is 3.35. The predicted octanol–water partition coefficient (Wildman–Crippen LogP) is 4.02. The quantitative estimate of drug-likeness (QED) is 0.926. The molecule has 1 N–H and O–H groups in total. The fourth-order valence-electron chi connectivity index (χ4n) is 1.94. The Labute approximate surface area is 128 Å². The van der Waals surface area contributed by atoms with E-state index < -0.39 is 0 Å². The van der Waals surface area contributed by atoms with Crippen LogP contribution in [0.4, 0.5) is 5.69 Å². The Morgan fingerprint density at radius 3 is 2.76 bits per heavy atom. The second kappa shape index (κ2) is 6.18. The van der Waals surface area contributed by atoms with Crippen LogP contribution in [0.25, 0.3) is 0 Å². The zero-order chi connectivity index (χ0) is 15.6. The number of amides is 1. The Hall–Kier alpha value is -2.01. The van der Waals surface area contributed by atoms with Crippen LogP contribution in [0.5, 0.6) is 5.75 Å². The topological polar surface area (TPSA) is 64.4 Å². The molecule has 0 spiro atoms. The minimum absolute atomic E-state index is 0.0957. The third-order valence-corrected chi connectivity index (χ3v) is 3.48. The molecule has 0 bridgehead atoms. The summed E-state index contributed by atoms with van der Waals surface area (Å²) in [6, 6.07) is 3.42. The van der Waals surface area contributed by atoms with Gasteiger partial charge in [0.15, 0.2) is 6.39 Å². The van der Waals surface area contributed by atoms with Crippen LogP contribution in [0, 0.1) is 6.92 Å². The van der Waals surface area contributed by atoms with Crippen molar-refractivity contribution in [2.45, 2.75) is 26.7 Å². The number of nitrogens with zero attached hydrogens (tertiary/aromatic N) is 1. The molecule has 112 valence electrons. The van der Waals surface area contributed by atoms with Crippen LogP contribution >= 0.6 is 11.6 Å². The molecule has 0 saturated heterocycles. The summed E-state index contributed by atoms with van der Waals surface area (Å²) >= 11 is 6.05. The van der Waals surface area contributed by atoms with Gasteiger partial charge in [0, 0.05) is 11.1 Å². The predicted molar refractivity (Wildman–Crippen MR) is 81.3 cm³/mol. The molecule has 0 saturated carbocycles. The van der Waals surface area contributed by atoms with Crippen LogP contribution in [0.2, 0.25) is 5.02 Å². The van der Waals surface area contributed by atoms with Gasteiger partial charge >= 0.3 is 0 Å². The van der Waals surface area contributed by atoms with Crippen LogP contribution in [0.15, 0.2) is 22.9 Å². The van der Waals surface area contributed by atoms with Gasteiger partial charge in [-0.25, -0.2) is 4.98 Å². The fraction of sp³-hybridized carbons (Fsp3) is 0.333. The van der Waals surface area contributed by atoms with E-state index in [9.17, 15) is 4.79 Å². The molecule has 2 aromatic rings. The zero-order valence-electron chi connectivity index (χ0n) is 12.4. The SMILES string of the molecule is COc1cc(Cl)c(C)cc1NC(=O)c1ocnc1C(C)C. The number of aryl methyl sites for hydroxylation is 1. The number of ether oxygens (including phenoxy) is 1. The van der Waals surface area contributed by atoms with Gasteiger partial charge in [-0.15, -0.1) is 0 Å². The summed E-state index contributed by atoms with van der Waals surface area (Å²) in [6.45, 7) is 5.74. The van der Waals surface area contributed by atoms with Gasteiger partial charge in [0.05, 0.1) is 18.5 Å². The minimum Gasteiger partial charge on any atom is -0.495 e. The molecule has 5 nitrogen and oxygen atoms in total. The van der Waals surface area contributed by atoms with Crippen molar-refractivity contribution in [1.29, 1.82) is 0 Å². The van der Waals surface area contributed by atoms with Crippen LogP contribution < -0.4 is 10.1 Å². The number of hydrogen-bond acceptors (Lipinski definition) is 4. The van der Waals surface area contributed by atoms with Crippen LogP contribution in [0.3, 0.4) is 0 Å². The molecule has 0 radical (unpaired) electrons. The average Bonchev–Trinajstić information content (AvgIpc) is 2.92. The first-order valence-corrected chi connectivity index (χ1v) is 6.90. The number of oxazole rings is 1. The normalized spacial score (nSPS) is 10.8. The Morgan fingerprint density at radius 2 is 2.14 bits per heavy atom. The summed E-state index contributed by atoms with van der Waals surface area (Å²) in [5.41, 5.74) is 2.00. The summed E-state index contributed by atoms with van der Waals surface area (Å²) in [7, 11) is 1.52. The van der Waals surface area contributed by atoms with Crippen molar-refractivity contribution in [3.8, 4) is 5.75 Å². The molecule has 0 aliphatic rings. The minimum atomic E-state index is -0.365. The fourth-order valence-corrected chi connectivity index (χ4v) is 2.10. The summed E-state index contributed by atoms with van der Waals surface area (Å²) < 4.78 is 10.4. The van der Waals surface area contributed by atoms with E-state index in [-0.39, 0.29) is 17.6 Å². The van der Waals surface area contributed by atoms with Crippen molar-refractivity contribution in [2.75, 3.05) is 12.4 Å². The molecule has 2 rings (SSSR count). The second-order valence-electron chi connectivity index (χ2n) is 4.98. The molecular formula is C15H17ClN2O3. The first kappa shape index (κ1) is 15.4. The number of methoxy groups -OCH3 is 1. The molecule has 6 heteroatoms. The molecule has 1 amide bonds. The van der Waals surface area contributed by atoms with Crippen LogP contribution in [-0.2, 0) is 0 Å². The van der Waals surface area contributed by atoms with Crippen molar-refractivity contribution in [2.24, 2.45) is 0 Å². The van der Waals surface area contributed by atoms with Crippen molar-refractivity contribution >= 4 is 23.2 Å². The molecule has 0 unspecified atom stereocenters. The first-order chi connectivity index (χ1) is 9.93. The highest BCUT2D eigenvalue weighted by Gasteiger charge is 2.20. The van der Waals surface area contributed by atoms with E-state index in [1.54, 1.807) is 12.1 Å². The van der Waals surface area contributed by atoms with E-state index in [1.807, 2.05) is 20.8 Å². The Morgan fingerprint density at radius 1 is 1.43 bits per heavy atom. The van der Waals surface area contributed by atoms with Crippen LogP contribution in [0.1, 0.15) is 41.6 Å². The lowest BCUT2D eigenvalue weighted by atomic mass is 10.1. The number of halogens is 1. The second-order valence-corrected chi connectivity index (χ2v) is 5.38. The molecule has 0 aliphatic carbocycles. The number of carbonyl (C=O) groups is 1. The number of benzene rings is 1. The lowest BCUT2D eigenvalue weighted by molar-refractivity contribution is 0.0994. The number of anilines is 1. The van der Waals surface area contributed by atoms with E-state index in [4.69, 9.17) is 20.8 Å².